The van der Waals surface area contributed by atoms with Crippen LogP contribution in [-0.2, 0) is 4.79 Å². The molecule has 17 heavy (non-hydrogen) atoms. The smallest absolute Gasteiger partial charge is 0.248 e. The van der Waals surface area contributed by atoms with Crippen LogP contribution in [0.25, 0.3) is 0 Å². The van der Waals surface area contributed by atoms with E-state index in [1.165, 1.54) is 44.9 Å². The fraction of sp³-hybridized carbons (Fsp3) is 0.800. The molecule has 0 N–H and O–H groups in total. The maximum absolute atomic E-state index is 11.5. The first-order valence-electron chi connectivity index (χ1n) is 7.00. The van der Waals surface area contributed by atoms with Crippen molar-refractivity contribution in [3.8, 4) is 0 Å². The van der Waals surface area contributed by atoms with E-state index in [0.717, 1.165) is 13.0 Å². The highest BCUT2D eigenvalue weighted by Gasteiger charge is 2.07. The van der Waals surface area contributed by atoms with E-state index < -0.39 is 0 Å². The van der Waals surface area contributed by atoms with E-state index in [9.17, 15) is 4.79 Å². The molecule has 0 saturated carbocycles. The zero-order valence-corrected chi connectivity index (χ0v) is 11.9. The highest BCUT2D eigenvalue weighted by molar-refractivity contribution is 5.91. The lowest BCUT2D eigenvalue weighted by molar-refractivity contribution is -0.125. The predicted octanol–water partition coefficient (Wildman–Crippen LogP) is 4.16. The first kappa shape index (κ1) is 16.2. The van der Waals surface area contributed by atoms with Gasteiger partial charge in [0.05, 0.1) is 0 Å². The molecule has 0 atom stereocenters. The largest absolute Gasteiger partial charge is 0.342 e. The van der Waals surface area contributed by atoms with Gasteiger partial charge in [0, 0.05) is 19.2 Å². The molecule has 100 valence electrons. The molecule has 2 nitrogen and oxygen atoms in total. The monoisotopic (exact) mass is 239 g/mol. The van der Waals surface area contributed by atoms with Gasteiger partial charge in [-0.15, -0.1) is 0 Å². The Hall–Kier alpha value is -0.790. The third-order valence-electron chi connectivity index (χ3n) is 3.06. The van der Waals surface area contributed by atoms with Crippen LogP contribution < -0.4 is 0 Å². The Balaban J connectivity index is 3.33. The lowest BCUT2D eigenvalue weighted by Gasteiger charge is -2.16. The molecule has 0 heterocycles. The second-order valence-corrected chi connectivity index (χ2v) is 4.98. The lowest BCUT2D eigenvalue weighted by Crippen LogP contribution is -2.27. The number of likely N-dealkylation sites (N-methyl/N-ethyl adjacent to an activating group) is 1. The summed E-state index contributed by atoms with van der Waals surface area (Å²) in [6.45, 7) is 8.55. The van der Waals surface area contributed by atoms with E-state index >= 15 is 0 Å². The Bertz CT molecular complexity index is 223. The van der Waals surface area contributed by atoms with Crippen LogP contribution in [0.1, 0.15) is 65.2 Å². The molecule has 0 aromatic heterocycles. The molecule has 0 aromatic rings. The highest BCUT2D eigenvalue weighted by Crippen LogP contribution is 2.09. The second kappa shape index (κ2) is 10.4. The van der Waals surface area contributed by atoms with E-state index in [1.807, 2.05) is 7.05 Å². The Morgan fingerprint density at radius 1 is 1.00 bits per heavy atom. The Morgan fingerprint density at radius 3 is 1.94 bits per heavy atom. The summed E-state index contributed by atoms with van der Waals surface area (Å²) in [5.74, 6) is 0.0768. The van der Waals surface area contributed by atoms with Gasteiger partial charge in [-0.05, 0) is 13.3 Å². The van der Waals surface area contributed by atoms with Crippen LogP contribution in [0.3, 0.4) is 0 Å². The molecular weight excluding hydrogens is 210 g/mol. The molecule has 0 unspecified atom stereocenters. The average Bonchev–Trinajstić information content (AvgIpc) is 2.31. The summed E-state index contributed by atoms with van der Waals surface area (Å²) in [5, 5.41) is 0. The summed E-state index contributed by atoms with van der Waals surface area (Å²) < 4.78 is 0. The van der Waals surface area contributed by atoms with Crippen molar-refractivity contribution in [2.75, 3.05) is 13.6 Å². The maximum Gasteiger partial charge on any atom is 0.248 e. The maximum atomic E-state index is 11.5. The fourth-order valence-electron chi connectivity index (χ4n) is 1.91. The predicted molar refractivity (Wildman–Crippen MR) is 75.1 cm³/mol. The Labute approximate surface area is 107 Å². The first-order valence-corrected chi connectivity index (χ1v) is 7.00. The molecule has 0 aliphatic heterocycles. The normalized spacial score (nSPS) is 10.3. The highest BCUT2D eigenvalue weighted by atomic mass is 16.2. The van der Waals surface area contributed by atoms with Crippen LogP contribution >= 0.6 is 0 Å². The van der Waals surface area contributed by atoms with Crippen molar-refractivity contribution in [2.24, 2.45) is 0 Å². The summed E-state index contributed by atoms with van der Waals surface area (Å²) in [5.41, 5.74) is 0.632. The number of amides is 1. The molecule has 0 aliphatic carbocycles. The van der Waals surface area contributed by atoms with Crippen molar-refractivity contribution in [1.82, 2.24) is 4.90 Å². The fourth-order valence-corrected chi connectivity index (χ4v) is 1.91. The van der Waals surface area contributed by atoms with Crippen molar-refractivity contribution in [1.29, 1.82) is 0 Å². The summed E-state index contributed by atoms with van der Waals surface area (Å²) in [7, 11) is 1.86. The van der Waals surface area contributed by atoms with E-state index in [2.05, 4.69) is 13.5 Å². The number of unbranched alkanes of at least 4 members (excludes halogenated alkanes) is 7. The minimum Gasteiger partial charge on any atom is -0.342 e. The molecular formula is C15H29NO. The zero-order chi connectivity index (χ0) is 13.1. The summed E-state index contributed by atoms with van der Waals surface area (Å²) in [6, 6.07) is 0. The van der Waals surface area contributed by atoms with Crippen LogP contribution in [0.5, 0.6) is 0 Å². The SMILES string of the molecule is C=C(C)C(=O)N(C)CCCCCCCCCC. The van der Waals surface area contributed by atoms with Crippen LogP contribution in [0.15, 0.2) is 12.2 Å². The molecule has 2 heteroatoms. The van der Waals surface area contributed by atoms with E-state index in [4.69, 9.17) is 0 Å². The van der Waals surface area contributed by atoms with E-state index in [1.54, 1.807) is 11.8 Å². The molecule has 0 aliphatic rings. The Morgan fingerprint density at radius 2 is 1.47 bits per heavy atom. The number of nitrogens with zero attached hydrogens (tertiary/aromatic N) is 1. The molecule has 0 spiro atoms. The third kappa shape index (κ3) is 8.96. The van der Waals surface area contributed by atoms with Gasteiger partial charge in [-0.25, -0.2) is 0 Å². The topological polar surface area (TPSA) is 20.3 Å². The third-order valence-corrected chi connectivity index (χ3v) is 3.06. The number of carbonyl (C=O) groups is 1. The van der Waals surface area contributed by atoms with Gasteiger partial charge in [-0.1, -0.05) is 58.4 Å². The van der Waals surface area contributed by atoms with Gasteiger partial charge >= 0.3 is 0 Å². The van der Waals surface area contributed by atoms with E-state index in [0.29, 0.717) is 5.57 Å². The van der Waals surface area contributed by atoms with Gasteiger partial charge in [-0.3, -0.25) is 4.79 Å². The summed E-state index contributed by atoms with van der Waals surface area (Å²) in [6.07, 6.45) is 10.4. The van der Waals surface area contributed by atoms with Gasteiger partial charge < -0.3 is 4.90 Å². The van der Waals surface area contributed by atoms with Crippen LogP contribution in [0.2, 0.25) is 0 Å². The van der Waals surface area contributed by atoms with Gasteiger partial charge in [-0.2, -0.15) is 0 Å². The zero-order valence-electron chi connectivity index (χ0n) is 11.9. The van der Waals surface area contributed by atoms with Crippen molar-refractivity contribution < 1.29 is 4.79 Å². The molecule has 0 radical (unpaired) electrons. The Kier molecular flexibility index (Phi) is 9.89. The number of hydrogen-bond acceptors (Lipinski definition) is 1. The summed E-state index contributed by atoms with van der Waals surface area (Å²) in [4.78, 5) is 13.3. The quantitative estimate of drug-likeness (QED) is 0.414. The van der Waals surface area contributed by atoms with Gasteiger partial charge in [0.25, 0.3) is 0 Å². The molecule has 0 aromatic carbocycles. The van der Waals surface area contributed by atoms with Crippen molar-refractivity contribution in [3.63, 3.8) is 0 Å². The van der Waals surface area contributed by atoms with E-state index in [-0.39, 0.29) is 5.91 Å². The molecule has 0 rings (SSSR count). The van der Waals surface area contributed by atoms with Gasteiger partial charge in [0.1, 0.15) is 0 Å². The van der Waals surface area contributed by atoms with Crippen molar-refractivity contribution >= 4 is 5.91 Å². The summed E-state index contributed by atoms with van der Waals surface area (Å²) >= 11 is 0. The van der Waals surface area contributed by atoms with Gasteiger partial charge in [0.2, 0.25) is 5.91 Å². The number of carbonyl (C=O) groups excluding carboxylic acids is 1. The number of rotatable bonds is 10. The molecule has 0 saturated heterocycles. The average molecular weight is 239 g/mol. The molecule has 0 bridgehead atoms. The standard InChI is InChI=1S/C15H29NO/c1-5-6-7-8-9-10-11-12-13-16(4)15(17)14(2)3/h2,5-13H2,1,3-4H3. The first-order chi connectivity index (χ1) is 8.09. The van der Waals surface area contributed by atoms with Crippen LogP contribution in [0, 0.1) is 0 Å². The minimum absolute atomic E-state index is 0.0768. The van der Waals surface area contributed by atoms with Crippen molar-refractivity contribution in [2.45, 2.75) is 65.2 Å². The van der Waals surface area contributed by atoms with Crippen molar-refractivity contribution in [3.05, 3.63) is 12.2 Å². The van der Waals surface area contributed by atoms with Crippen LogP contribution in [0.4, 0.5) is 0 Å². The minimum atomic E-state index is 0.0768. The second-order valence-electron chi connectivity index (χ2n) is 4.98. The number of hydrogen-bond donors (Lipinski definition) is 0. The van der Waals surface area contributed by atoms with Gasteiger partial charge in [0.15, 0.2) is 0 Å². The van der Waals surface area contributed by atoms with Crippen LogP contribution in [-0.4, -0.2) is 24.4 Å². The molecule has 1 amide bonds. The lowest BCUT2D eigenvalue weighted by atomic mass is 10.1. The molecule has 0 fully saturated rings.